The van der Waals surface area contributed by atoms with Crippen LogP contribution in [0.4, 0.5) is 13.2 Å². The highest BCUT2D eigenvalue weighted by molar-refractivity contribution is 7.87. The molecule has 0 bridgehead atoms. The van der Waals surface area contributed by atoms with Crippen LogP contribution in [0.5, 0.6) is 0 Å². The molecule has 0 heterocycles. The summed E-state index contributed by atoms with van der Waals surface area (Å²) in [6, 6.07) is 8.61. The molecular formula is C11H13F3O3S. The van der Waals surface area contributed by atoms with Gasteiger partial charge in [-0.05, 0) is 12.0 Å². The smallest absolute Gasteiger partial charge is 0.259 e. The van der Waals surface area contributed by atoms with Crippen molar-refractivity contribution < 1.29 is 25.8 Å². The zero-order valence-corrected chi connectivity index (χ0v) is 10.5. The first-order chi connectivity index (χ1) is 8.26. The fraction of sp³-hybridized carbons (Fsp3) is 0.455. The van der Waals surface area contributed by atoms with Crippen molar-refractivity contribution in [3.05, 3.63) is 35.9 Å². The Morgan fingerprint density at radius 1 is 1.22 bits per heavy atom. The molecule has 1 aromatic rings. The van der Waals surface area contributed by atoms with Crippen molar-refractivity contribution in [1.82, 2.24) is 0 Å². The van der Waals surface area contributed by atoms with Crippen LogP contribution < -0.4 is 0 Å². The van der Waals surface area contributed by atoms with Gasteiger partial charge in [0.05, 0.1) is 6.10 Å². The summed E-state index contributed by atoms with van der Waals surface area (Å²) in [7, 11) is -5.53. The quantitative estimate of drug-likeness (QED) is 0.616. The fourth-order valence-electron chi connectivity index (χ4n) is 1.36. The Balaban J connectivity index is 2.75. The van der Waals surface area contributed by atoms with Crippen molar-refractivity contribution in [2.75, 3.05) is 0 Å². The molecule has 0 fully saturated rings. The van der Waals surface area contributed by atoms with Crippen molar-refractivity contribution >= 4 is 10.1 Å². The van der Waals surface area contributed by atoms with Crippen LogP contribution in [0, 0.1) is 0 Å². The summed E-state index contributed by atoms with van der Waals surface area (Å²) in [6.07, 6.45) is -0.726. The molecule has 0 aliphatic heterocycles. The normalized spacial score (nSPS) is 14.4. The lowest BCUT2D eigenvalue weighted by Crippen LogP contribution is -2.30. The van der Waals surface area contributed by atoms with Crippen LogP contribution in [0.2, 0.25) is 0 Å². The third kappa shape index (κ3) is 3.99. The Morgan fingerprint density at radius 2 is 1.78 bits per heavy atom. The Bertz CT molecular complexity index is 468. The molecule has 3 nitrogen and oxygen atoms in total. The van der Waals surface area contributed by atoms with Crippen LogP contribution in [0.15, 0.2) is 30.3 Å². The van der Waals surface area contributed by atoms with Crippen LogP contribution in [0.1, 0.15) is 18.9 Å². The van der Waals surface area contributed by atoms with Gasteiger partial charge in [0, 0.05) is 6.42 Å². The minimum absolute atomic E-state index is 0.118. The largest absolute Gasteiger partial charge is 0.523 e. The first-order valence-electron chi connectivity index (χ1n) is 5.29. The molecule has 0 saturated heterocycles. The average molecular weight is 282 g/mol. The SMILES string of the molecule is CCC(Cc1ccccc1)OS(=O)(=O)C(F)(F)F. The van der Waals surface area contributed by atoms with Gasteiger partial charge in [-0.15, -0.1) is 0 Å². The van der Waals surface area contributed by atoms with E-state index in [-0.39, 0.29) is 12.8 Å². The van der Waals surface area contributed by atoms with Crippen LogP contribution in [0.3, 0.4) is 0 Å². The average Bonchev–Trinajstić information content (AvgIpc) is 2.27. The highest BCUT2D eigenvalue weighted by atomic mass is 32.2. The molecule has 0 amide bonds. The minimum Gasteiger partial charge on any atom is -0.259 e. The van der Waals surface area contributed by atoms with Gasteiger partial charge in [-0.25, -0.2) is 0 Å². The lowest BCUT2D eigenvalue weighted by atomic mass is 10.1. The maximum Gasteiger partial charge on any atom is 0.523 e. The van der Waals surface area contributed by atoms with Gasteiger partial charge < -0.3 is 0 Å². The summed E-state index contributed by atoms with van der Waals surface area (Å²) in [4.78, 5) is 0. The van der Waals surface area contributed by atoms with Gasteiger partial charge in [-0.3, -0.25) is 4.18 Å². The van der Waals surface area contributed by atoms with Gasteiger partial charge in [0.15, 0.2) is 0 Å². The Hall–Kier alpha value is -1.08. The number of rotatable bonds is 5. The van der Waals surface area contributed by atoms with Crippen LogP contribution in [-0.2, 0) is 20.7 Å². The molecule has 0 aromatic heterocycles. The number of benzene rings is 1. The van der Waals surface area contributed by atoms with E-state index >= 15 is 0 Å². The monoisotopic (exact) mass is 282 g/mol. The molecule has 1 aromatic carbocycles. The van der Waals surface area contributed by atoms with Gasteiger partial charge in [-0.1, -0.05) is 37.3 Å². The second kappa shape index (κ2) is 5.71. The molecule has 0 aliphatic rings. The Kier molecular flexibility index (Phi) is 4.75. The first kappa shape index (κ1) is 15.0. The third-order valence-electron chi connectivity index (χ3n) is 2.31. The predicted octanol–water partition coefficient (Wildman–Crippen LogP) is 2.87. The molecule has 102 valence electrons. The highest BCUT2D eigenvalue weighted by Gasteiger charge is 2.48. The first-order valence-corrected chi connectivity index (χ1v) is 6.70. The predicted molar refractivity (Wildman–Crippen MR) is 60.3 cm³/mol. The van der Waals surface area contributed by atoms with Gasteiger partial charge in [0.2, 0.25) is 0 Å². The maximum atomic E-state index is 12.2. The van der Waals surface area contributed by atoms with Crippen LogP contribution >= 0.6 is 0 Å². The van der Waals surface area contributed by atoms with Crippen molar-refractivity contribution in [3.8, 4) is 0 Å². The summed E-state index contributed by atoms with van der Waals surface area (Å²) in [6.45, 7) is 1.57. The van der Waals surface area contributed by atoms with Crippen molar-refractivity contribution in [2.45, 2.75) is 31.4 Å². The summed E-state index contributed by atoms with van der Waals surface area (Å²) in [5.41, 5.74) is -4.65. The number of alkyl halides is 3. The Labute approximate surface area is 104 Å². The second-order valence-corrected chi connectivity index (χ2v) is 5.28. The van der Waals surface area contributed by atoms with E-state index < -0.39 is 21.7 Å². The van der Waals surface area contributed by atoms with E-state index in [4.69, 9.17) is 0 Å². The van der Waals surface area contributed by atoms with Crippen molar-refractivity contribution in [2.24, 2.45) is 0 Å². The lowest BCUT2D eigenvalue weighted by molar-refractivity contribution is -0.0574. The van der Waals surface area contributed by atoms with E-state index in [0.717, 1.165) is 5.56 Å². The molecule has 0 N–H and O–H groups in total. The van der Waals surface area contributed by atoms with Gasteiger partial charge >= 0.3 is 15.6 Å². The van der Waals surface area contributed by atoms with E-state index in [1.54, 1.807) is 37.3 Å². The number of hydrogen-bond donors (Lipinski definition) is 0. The van der Waals surface area contributed by atoms with Crippen LogP contribution in [0.25, 0.3) is 0 Å². The minimum atomic E-state index is -5.53. The second-order valence-electron chi connectivity index (χ2n) is 3.72. The third-order valence-corrected chi connectivity index (χ3v) is 3.40. The topological polar surface area (TPSA) is 43.4 Å². The highest BCUT2D eigenvalue weighted by Crippen LogP contribution is 2.27. The van der Waals surface area contributed by atoms with Crippen LogP contribution in [-0.4, -0.2) is 20.0 Å². The van der Waals surface area contributed by atoms with E-state index in [1.165, 1.54) is 0 Å². The fourth-order valence-corrected chi connectivity index (χ4v) is 2.03. The summed E-state index contributed by atoms with van der Waals surface area (Å²) >= 11 is 0. The molecule has 0 spiro atoms. The molecule has 18 heavy (non-hydrogen) atoms. The van der Waals surface area contributed by atoms with Gasteiger partial charge in [0.1, 0.15) is 0 Å². The molecule has 0 saturated carbocycles. The molecule has 1 unspecified atom stereocenters. The summed E-state index contributed by atoms with van der Waals surface area (Å²) < 4.78 is 62.4. The maximum absolute atomic E-state index is 12.2. The van der Waals surface area contributed by atoms with Crippen molar-refractivity contribution in [3.63, 3.8) is 0 Å². The lowest BCUT2D eigenvalue weighted by Gasteiger charge is -2.17. The Morgan fingerprint density at radius 3 is 2.22 bits per heavy atom. The standard InChI is InChI=1S/C11H13F3O3S/c1-2-10(8-9-6-4-3-5-7-9)17-18(15,16)11(12,13)14/h3-7,10H,2,8H2,1H3. The van der Waals surface area contributed by atoms with E-state index in [1.807, 2.05) is 0 Å². The molecule has 0 radical (unpaired) electrons. The van der Waals surface area contributed by atoms with E-state index in [2.05, 4.69) is 4.18 Å². The number of hydrogen-bond acceptors (Lipinski definition) is 3. The zero-order valence-electron chi connectivity index (χ0n) is 9.65. The van der Waals surface area contributed by atoms with Gasteiger partial charge in [-0.2, -0.15) is 21.6 Å². The van der Waals surface area contributed by atoms with Crippen molar-refractivity contribution in [1.29, 1.82) is 0 Å². The zero-order chi connectivity index (χ0) is 13.8. The van der Waals surface area contributed by atoms with E-state index in [0.29, 0.717) is 0 Å². The van der Waals surface area contributed by atoms with E-state index in [9.17, 15) is 21.6 Å². The number of halogens is 3. The molecular weight excluding hydrogens is 269 g/mol. The molecule has 1 rings (SSSR count). The van der Waals surface area contributed by atoms with Gasteiger partial charge in [0.25, 0.3) is 0 Å². The summed E-state index contributed by atoms with van der Waals surface area (Å²) in [5.74, 6) is 0. The molecule has 0 aliphatic carbocycles. The molecule has 7 heteroatoms. The summed E-state index contributed by atoms with van der Waals surface area (Å²) in [5, 5.41) is 0. The molecule has 1 atom stereocenters.